The van der Waals surface area contributed by atoms with E-state index < -0.39 is 18.2 Å². The van der Waals surface area contributed by atoms with Crippen LogP contribution in [0, 0.1) is 5.92 Å². The Balaban J connectivity index is 3.72. The topological polar surface area (TPSA) is 93.1 Å². The van der Waals surface area contributed by atoms with Crippen molar-refractivity contribution < 1.29 is 29.3 Å². The summed E-state index contributed by atoms with van der Waals surface area (Å²) in [7, 11) is 0. The van der Waals surface area contributed by atoms with Crippen LogP contribution in [-0.4, -0.2) is 47.6 Å². The second-order valence-electron chi connectivity index (χ2n) is 13.7. The molecule has 0 unspecified atom stereocenters. The highest BCUT2D eigenvalue weighted by atomic mass is 16.6. The summed E-state index contributed by atoms with van der Waals surface area (Å²) in [5.41, 5.74) is 0. The van der Waals surface area contributed by atoms with Crippen LogP contribution in [0.25, 0.3) is 0 Å². The third-order valence-electron chi connectivity index (χ3n) is 8.38. The van der Waals surface area contributed by atoms with Gasteiger partial charge in [0.15, 0.2) is 6.10 Å². The van der Waals surface area contributed by atoms with Crippen molar-refractivity contribution in [2.75, 3.05) is 13.2 Å². The predicted octanol–water partition coefficient (Wildman–Crippen LogP) is 11.1. The molecule has 0 aliphatic rings. The van der Waals surface area contributed by atoms with Gasteiger partial charge in [-0.25, -0.2) is 0 Å². The zero-order chi connectivity index (χ0) is 35.3. The molecular weight excluding hydrogens is 600 g/mol. The maximum absolute atomic E-state index is 12.1. The number of carbonyl (C=O) groups is 2. The van der Waals surface area contributed by atoms with Crippen LogP contribution in [0.5, 0.6) is 0 Å². The Morgan fingerprint density at radius 1 is 0.646 bits per heavy atom. The Bertz CT molecular complexity index is 843. The number of aliphatic hydroxyl groups excluding tert-OH is 2. The van der Waals surface area contributed by atoms with E-state index in [2.05, 4.69) is 26.8 Å². The lowest BCUT2D eigenvalue weighted by Crippen LogP contribution is -2.28. The SMILES string of the molecule is CCCCC/C=C\C=C/[C@H](O)C/C=C\C/C=C/CCCC(=O)O[C@@H](CO)COC(=O)CCCCCCCCCCCCCCCC(C)C. The van der Waals surface area contributed by atoms with Crippen molar-refractivity contribution in [1.29, 1.82) is 0 Å². The first kappa shape index (κ1) is 45.8. The Hall–Kier alpha value is -2.18. The van der Waals surface area contributed by atoms with Crippen LogP contribution in [0.1, 0.15) is 175 Å². The normalized spacial score (nSPS) is 13.5. The van der Waals surface area contributed by atoms with E-state index in [9.17, 15) is 19.8 Å². The molecule has 0 rings (SSSR count). The zero-order valence-electron chi connectivity index (χ0n) is 31.3. The van der Waals surface area contributed by atoms with Crippen molar-refractivity contribution in [3.05, 3.63) is 48.6 Å². The molecule has 0 saturated heterocycles. The van der Waals surface area contributed by atoms with Gasteiger partial charge >= 0.3 is 11.9 Å². The fourth-order valence-corrected chi connectivity index (χ4v) is 5.34. The molecule has 0 heterocycles. The summed E-state index contributed by atoms with van der Waals surface area (Å²) in [6.45, 7) is 6.33. The Kier molecular flexibility index (Phi) is 34.5. The number of hydrogen-bond acceptors (Lipinski definition) is 6. The molecule has 6 heteroatoms. The number of ether oxygens (including phenoxy) is 2. The Morgan fingerprint density at radius 2 is 1.23 bits per heavy atom. The highest BCUT2D eigenvalue weighted by Gasteiger charge is 2.16. The lowest BCUT2D eigenvalue weighted by atomic mass is 10.0. The van der Waals surface area contributed by atoms with E-state index in [-0.39, 0.29) is 25.6 Å². The van der Waals surface area contributed by atoms with Crippen LogP contribution >= 0.6 is 0 Å². The first-order valence-corrected chi connectivity index (χ1v) is 19.7. The minimum absolute atomic E-state index is 0.106. The molecule has 0 bridgehead atoms. The molecule has 0 amide bonds. The molecule has 0 aromatic heterocycles. The van der Waals surface area contributed by atoms with E-state index in [1.165, 1.54) is 89.9 Å². The number of unbranched alkanes of at least 4 members (excludes halogenated alkanes) is 16. The van der Waals surface area contributed by atoms with Crippen molar-refractivity contribution in [2.45, 2.75) is 187 Å². The second kappa shape index (κ2) is 36.1. The molecule has 0 aromatic rings. The fraction of sp³-hybridized carbons (Fsp3) is 0.762. The number of hydrogen-bond donors (Lipinski definition) is 2. The van der Waals surface area contributed by atoms with Crippen molar-refractivity contribution in [2.24, 2.45) is 5.92 Å². The smallest absolute Gasteiger partial charge is 0.306 e. The number of rotatable bonds is 34. The van der Waals surface area contributed by atoms with Gasteiger partial charge in [-0.2, -0.15) is 0 Å². The number of esters is 2. The van der Waals surface area contributed by atoms with Crippen molar-refractivity contribution in [3.8, 4) is 0 Å². The molecular formula is C42H74O6. The first-order chi connectivity index (χ1) is 23.4. The van der Waals surface area contributed by atoms with E-state index in [1.807, 2.05) is 42.5 Å². The van der Waals surface area contributed by atoms with Crippen LogP contribution in [0.15, 0.2) is 48.6 Å². The molecule has 0 spiro atoms. The predicted molar refractivity (Wildman–Crippen MR) is 202 cm³/mol. The number of carbonyl (C=O) groups excluding carboxylic acids is 2. The average Bonchev–Trinajstić information content (AvgIpc) is 3.06. The average molecular weight is 675 g/mol. The van der Waals surface area contributed by atoms with Crippen molar-refractivity contribution >= 4 is 11.9 Å². The summed E-state index contributed by atoms with van der Waals surface area (Å²) in [4.78, 5) is 24.2. The molecule has 278 valence electrons. The van der Waals surface area contributed by atoms with Gasteiger partial charge in [0.1, 0.15) is 6.61 Å². The highest BCUT2D eigenvalue weighted by molar-refractivity contribution is 5.70. The summed E-state index contributed by atoms with van der Waals surface area (Å²) in [6, 6.07) is 0. The van der Waals surface area contributed by atoms with Gasteiger partial charge in [0.25, 0.3) is 0 Å². The molecule has 0 saturated carbocycles. The largest absolute Gasteiger partial charge is 0.462 e. The fourth-order valence-electron chi connectivity index (χ4n) is 5.34. The van der Waals surface area contributed by atoms with E-state index in [0.717, 1.165) is 44.4 Å². The third-order valence-corrected chi connectivity index (χ3v) is 8.38. The van der Waals surface area contributed by atoms with Crippen LogP contribution < -0.4 is 0 Å². The molecule has 0 aliphatic carbocycles. The molecule has 6 nitrogen and oxygen atoms in total. The van der Waals surface area contributed by atoms with Crippen LogP contribution in [0.4, 0.5) is 0 Å². The van der Waals surface area contributed by atoms with Gasteiger partial charge in [0.2, 0.25) is 0 Å². The van der Waals surface area contributed by atoms with Crippen LogP contribution in [0.2, 0.25) is 0 Å². The molecule has 0 aliphatic heterocycles. The number of aliphatic hydroxyl groups is 2. The van der Waals surface area contributed by atoms with Gasteiger partial charge in [-0.15, -0.1) is 0 Å². The van der Waals surface area contributed by atoms with E-state index >= 15 is 0 Å². The summed E-state index contributed by atoms with van der Waals surface area (Å²) in [5, 5.41) is 19.5. The Labute approximate surface area is 295 Å². The zero-order valence-corrected chi connectivity index (χ0v) is 31.3. The van der Waals surface area contributed by atoms with Gasteiger partial charge < -0.3 is 19.7 Å². The molecule has 48 heavy (non-hydrogen) atoms. The van der Waals surface area contributed by atoms with Gasteiger partial charge in [0, 0.05) is 12.8 Å². The van der Waals surface area contributed by atoms with Crippen molar-refractivity contribution in [1.82, 2.24) is 0 Å². The second-order valence-corrected chi connectivity index (χ2v) is 13.7. The van der Waals surface area contributed by atoms with Crippen molar-refractivity contribution in [3.63, 3.8) is 0 Å². The first-order valence-electron chi connectivity index (χ1n) is 19.7. The highest BCUT2D eigenvalue weighted by Crippen LogP contribution is 2.15. The summed E-state index contributed by atoms with van der Waals surface area (Å²) >= 11 is 0. The maximum atomic E-state index is 12.1. The molecule has 0 fully saturated rings. The van der Waals surface area contributed by atoms with Crippen LogP contribution in [0.3, 0.4) is 0 Å². The maximum Gasteiger partial charge on any atom is 0.306 e. The summed E-state index contributed by atoms with van der Waals surface area (Å²) < 4.78 is 10.5. The van der Waals surface area contributed by atoms with Gasteiger partial charge in [-0.1, -0.05) is 166 Å². The molecule has 2 N–H and O–H groups in total. The molecule has 2 atom stereocenters. The lowest BCUT2D eigenvalue weighted by Gasteiger charge is -2.15. The lowest BCUT2D eigenvalue weighted by molar-refractivity contribution is -0.161. The minimum atomic E-state index is -0.820. The number of allylic oxidation sites excluding steroid dienone is 6. The van der Waals surface area contributed by atoms with E-state index in [1.54, 1.807) is 0 Å². The van der Waals surface area contributed by atoms with Gasteiger partial charge in [-0.05, 0) is 50.9 Å². The monoisotopic (exact) mass is 675 g/mol. The van der Waals surface area contributed by atoms with E-state index in [0.29, 0.717) is 19.3 Å². The third kappa shape index (κ3) is 35.1. The van der Waals surface area contributed by atoms with Gasteiger partial charge in [0.05, 0.1) is 12.7 Å². The summed E-state index contributed by atoms with van der Waals surface area (Å²) in [5.74, 6) is 0.142. The standard InChI is InChI=1S/C42H74O6/c1-4-5-6-7-16-22-27-32-39(44)33-28-23-18-15-20-25-30-35-42(46)48-40(36-43)37-47-41(45)34-29-24-19-14-12-10-8-9-11-13-17-21-26-31-38(2)3/h15-16,20,22-23,27-28,32,38-40,43-44H,4-14,17-19,21,24-26,29-31,33-37H2,1-3H3/b20-15+,22-16-,28-23-,32-27-/t39-,40-/m0/s1. The quantitative estimate of drug-likeness (QED) is 0.0305. The summed E-state index contributed by atoms with van der Waals surface area (Å²) in [6.07, 6.45) is 40.6. The minimum Gasteiger partial charge on any atom is -0.462 e. The Morgan fingerprint density at radius 3 is 1.85 bits per heavy atom. The molecule has 0 aromatic carbocycles. The van der Waals surface area contributed by atoms with Gasteiger partial charge in [-0.3, -0.25) is 9.59 Å². The van der Waals surface area contributed by atoms with Crippen LogP contribution in [-0.2, 0) is 19.1 Å². The van der Waals surface area contributed by atoms with E-state index in [4.69, 9.17) is 9.47 Å². The molecule has 0 radical (unpaired) electrons.